The molecule has 132 valence electrons. The number of nitrogen functional groups attached to an aromatic ring is 1. The zero-order valence-corrected chi connectivity index (χ0v) is 14.9. The first kappa shape index (κ1) is 18.8. The molecule has 1 aliphatic heterocycles. The second kappa shape index (κ2) is 8.03. The van der Waals surface area contributed by atoms with Crippen LogP contribution in [0.3, 0.4) is 0 Å². The molecule has 0 aromatic heterocycles. The third-order valence-electron chi connectivity index (χ3n) is 4.30. The monoisotopic (exact) mass is 359 g/mol. The van der Waals surface area contributed by atoms with Crippen LogP contribution in [0, 0.1) is 12.8 Å². The first-order valence-corrected chi connectivity index (χ1v) is 8.01. The van der Waals surface area contributed by atoms with E-state index in [1.54, 1.807) is 17.0 Å². The molecule has 0 bridgehead atoms. The summed E-state index contributed by atoms with van der Waals surface area (Å²) in [5.74, 6) is -0.494. The second-order valence-electron chi connectivity index (χ2n) is 6.24. The number of nitrogens with zero attached hydrogens (tertiary/aromatic N) is 1. The molecule has 25 heavy (non-hydrogen) atoms. The molecule has 0 spiro atoms. The van der Waals surface area contributed by atoms with Crippen molar-refractivity contribution in [2.24, 2.45) is 5.92 Å². The first-order chi connectivity index (χ1) is 11.5. The number of likely N-dealkylation sites (tertiary alicyclic amines) is 1. The van der Waals surface area contributed by atoms with Crippen molar-refractivity contribution in [3.63, 3.8) is 0 Å². The van der Waals surface area contributed by atoms with Crippen LogP contribution in [-0.4, -0.2) is 23.3 Å². The second-order valence-corrected chi connectivity index (χ2v) is 6.24. The molecule has 0 aliphatic carbocycles. The number of benzene rings is 2. The summed E-state index contributed by atoms with van der Waals surface area (Å²) >= 11 is 0. The van der Waals surface area contributed by atoms with Crippen molar-refractivity contribution in [3.05, 3.63) is 59.7 Å². The van der Waals surface area contributed by atoms with Crippen LogP contribution < -0.4 is 11.1 Å². The molecule has 0 radical (unpaired) electrons. The molecule has 5 nitrogen and oxygen atoms in total. The number of anilines is 2. The largest absolute Gasteiger partial charge is 0.397 e. The summed E-state index contributed by atoms with van der Waals surface area (Å²) in [5.41, 5.74) is 9.21. The predicted molar refractivity (Wildman–Crippen MR) is 101 cm³/mol. The van der Waals surface area contributed by atoms with Crippen molar-refractivity contribution in [3.8, 4) is 0 Å². The van der Waals surface area contributed by atoms with E-state index in [4.69, 9.17) is 5.73 Å². The third-order valence-corrected chi connectivity index (χ3v) is 4.30. The van der Waals surface area contributed by atoms with Crippen LogP contribution in [0.15, 0.2) is 48.5 Å². The van der Waals surface area contributed by atoms with Crippen molar-refractivity contribution >= 4 is 35.6 Å². The molecular formula is C19H22ClN3O2. The summed E-state index contributed by atoms with van der Waals surface area (Å²) in [5, 5.41) is 2.82. The van der Waals surface area contributed by atoms with Crippen molar-refractivity contribution in [2.75, 3.05) is 17.6 Å². The Morgan fingerprint density at radius 2 is 1.88 bits per heavy atom. The molecule has 2 aromatic carbocycles. The van der Waals surface area contributed by atoms with E-state index in [1.165, 1.54) is 5.56 Å². The van der Waals surface area contributed by atoms with Gasteiger partial charge in [-0.15, -0.1) is 12.4 Å². The quantitative estimate of drug-likeness (QED) is 0.824. The van der Waals surface area contributed by atoms with Gasteiger partial charge in [-0.05, 0) is 24.6 Å². The minimum Gasteiger partial charge on any atom is -0.397 e. The zero-order valence-electron chi connectivity index (χ0n) is 14.1. The smallest absolute Gasteiger partial charge is 0.229 e. The lowest BCUT2D eigenvalue weighted by atomic mass is 10.1. The summed E-state index contributed by atoms with van der Waals surface area (Å²) in [6.45, 7) is 3.00. The molecule has 1 unspecified atom stereocenters. The van der Waals surface area contributed by atoms with Gasteiger partial charge in [-0.2, -0.15) is 0 Å². The van der Waals surface area contributed by atoms with Gasteiger partial charge in [0.2, 0.25) is 11.8 Å². The summed E-state index contributed by atoms with van der Waals surface area (Å²) in [7, 11) is 0. The first-order valence-electron chi connectivity index (χ1n) is 8.01. The van der Waals surface area contributed by atoms with Crippen LogP contribution in [0.1, 0.15) is 17.5 Å². The molecule has 3 N–H and O–H groups in total. The maximum Gasteiger partial charge on any atom is 0.229 e. The Labute approximate surface area is 153 Å². The molecule has 1 heterocycles. The summed E-state index contributed by atoms with van der Waals surface area (Å²) in [6, 6.07) is 15.2. The topological polar surface area (TPSA) is 75.4 Å². The van der Waals surface area contributed by atoms with E-state index in [1.807, 2.05) is 43.3 Å². The maximum atomic E-state index is 12.4. The van der Waals surface area contributed by atoms with Crippen LogP contribution in [0.25, 0.3) is 0 Å². The van der Waals surface area contributed by atoms with E-state index in [2.05, 4.69) is 5.32 Å². The normalized spacial score (nSPS) is 16.4. The van der Waals surface area contributed by atoms with E-state index >= 15 is 0 Å². The Morgan fingerprint density at radius 1 is 1.20 bits per heavy atom. The number of amides is 2. The Balaban J connectivity index is 0.00000225. The minimum absolute atomic E-state index is 0. The number of hydrogen-bond donors (Lipinski definition) is 2. The van der Waals surface area contributed by atoms with Gasteiger partial charge < -0.3 is 16.0 Å². The highest BCUT2D eigenvalue weighted by Gasteiger charge is 2.34. The highest BCUT2D eigenvalue weighted by Crippen LogP contribution is 2.24. The highest BCUT2D eigenvalue weighted by atomic mass is 35.5. The fourth-order valence-corrected chi connectivity index (χ4v) is 2.86. The van der Waals surface area contributed by atoms with E-state index in [9.17, 15) is 9.59 Å². The zero-order chi connectivity index (χ0) is 17.1. The van der Waals surface area contributed by atoms with Gasteiger partial charge in [-0.25, -0.2) is 0 Å². The average molecular weight is 360 g/mol. The third kappa shape index (κ3) is 4.51. The number of aryl methyl sites for hydroxylation is 1. The highest BCUT2D eigenvalue weighted by molar-refractivity contribution is 5.99. The minimum atomic E-state index is -0.345. The number of carbonyl (C=O) groups is 2. The molecule has 2 amide bonds. The SMILES string of the molecule is Cc1ccc(CN2CC(C(=O)Nc3ccccc3N)CC2=O)cc1.Cl. The lowest BCUT2D eigenvalue weighted by Crippen LogP contribution is -2.28. The fourth-order valence-electron chi connectivity index (χ4n) is 2.86. The summed E-state index contributed by atoms with van der Waals surface area (Å²) in [6.07, 6.45) is 0.241. The van der Waals surface area contributed by atoms with Crippen molar-refractivity contribution in [1.29, 1.82) is 0 Å². The molecular weight excluding hydrogens is 338 g/mol. The molecule has 0 saturated carbocycles. The molecule has 1 aliphatic rings. The standard InChI is InChI=1S/C19H21N3O2.ClH/c1-13-6-8-14(9-7-13)11-22-12-15(10-18(22)23)19(24)21-17-5-3-2-4-16(17)20;/h2-9,15H,10-12,20H2,1H3,(H,21,24);1H. The van der Waals surface area contributed by atoms with Crippen LogP contribution in [0.4, 0.5) is 11.4 Å². The molecule has 1 fully saturated rings. The summed E-state index contributed by atoms with van der Waals surface area (Å²) in [4.78, 5) is 26.3. The molecule has 6 heteroatoms. The number of nitrogens with one attached hydrogen (secondary N) is 1. The number of para-hydroxylation sites is 2. The van der Waals surface area contributed by atoms with Crippen molar-refractivity contribution in [1.82, 2.24) is 4.90 Å². The van der Waals surface area contributed by atoms with Crippen LogP contribution in [0.2, 0.25) is 0 Å². The number of halogens is 1. The molecule has 1 saturated heterocycles. The lowest BCUT2D eigenvalue weighted by Gasteiger charge is -2.17. The number of nitrogens with two attached hydrogens (primary N) is 1. The van der Waals surface area contributed by atoms with Gasteiger partial charge in [0, 0.05) is 19.5 Å². The molecule has 1 atom stereocenters. The van der Waals surface area contributed by atoms with Gasteiger partial charge in [0.15, 0.2) is 0 Å². The van der Waals surface area contributed by atoms with Gasteiger partial charge in [0.05, 0.1) is 17.3 Å². The Bertz CT molecular complexity index is 762. The Morgan fingerprint density at radius 3 is 2.56 bits per heavy atom. The maximum absolute atomic E-state index is 12.4. The van der Waals surface area contributed by atoms with E-state index in [0.717, 1.165) is 5.56 Å². The van der Waals surface area contributed by atoms with E-state index in [-0.39, 0.29) is 36.6 Å². The molecule has 2 aromatic rings. The van der Waals surface area contributed by atoms with Gasteiger partial charge >= 0.3 is 0 Å². The average Bonchev–Trinajstić information content (AvgIpc) is 2.93. The van der Waals surface area contributed by atoms with Crippen LogP contribution in [0.5, 0.6) is 0 Å². The summed E-state index contributed by atoms with van der Waals surface area (Å²) < 4.78 is 0. The van der Waals surface area contributed by atoms with Gasteiger partial charge in [0.25, 0.3) is 0 Å². The van der Waals surface area contributed by atoms with Crippen molar-refractivity contribution < 1.29 is 9.59 Å². The van der Waals surface area contributed by atoms with Crippen LogP contribution >= 0.6 is 12.4 Å². The number of hydrogen-bond acceptors (Lipinski definition) is 3. The predicted octanol–water partition coefficient (Wildman–Crippen LogP) is 2.99. The number of rotatable bonds is 4. The molecule has 3 rings (SSSR count). The van der Waals surface area contributed by atoms with E-state index < -0.39 is 0 Å². The van der Waals surface area contributed by atoms with Gasteiger partial charge in [-0.3, -0.25) is 9.59 Å². The number of carbonyl (C=O) groups excluding carboxylic acids is 2. The van der Waals surface area contributed by atoms with Gasteiger partial charge in [0.1, 0.15) is 0 Å². The van der Waals surface area contributed by atoms with E-state index in [0.29, 0.717) is 24.5 Å². The van der Waals surface area contributed by atoms with Gasteiger partial charge in [-0.1, -0.05) is 42.0 Å². The lowest BCUT2D eigenvalue weighted by molar-refractivity contribution is -0.128. The Kier molecular flexibility index (Phi) is 6.04. The Hall–Kier alpha value is -2.53. The fraction of sp³-hybridized carbons (Fsp3) is 0.263. The van der Waals surface area contributed by atoms with Crippen molar-refractivity contribution in [2.45, 2.75) is 19.9 Å². The van der Waals surface area contributed by atoms with Crippen LogP contribution in [-0.2, 0) is 16.1 Å².